The number of hydrogen-bond donors (Lipinski definition) is 0. The van der Waals surface area contributed by atoms with Crippen molar-refractivity contribution in [2.24, 2.45) is 11.8 Å². The maximum absolute atomic E-state index is 13.3. The highest BCUT2D eigenvalue weighted by atomic mass is 19.4. The second-order valence-corrected chi connectivity index (χ2v) is 5.54. The van der Waals surface area contributed by atoms with Crippen LogP contribution in [0.4, 0.5) is 26.3 Å². The summed E-state index contributed by atoms with van der Waals surface area (Å²) in [5, 5.41) is 0. The molecule has 2 nitrogen and oxygen atoms in total. The van der Waals surface area contributed by atoms with Gasteiger partial charge in [-0.1, -0.05) is 0 Å². The number of hydrogen-bond acceptors (Lipinski definition) is 2. The highest BCUT2D eigenvalue weighted by molar-refractivity contribution is 5.75. The second kappa shape index (κ2) is 6.41. The number of halogens is 6. The van der Waals surface area contributed by atoms with Crippen LogP contribution in [0.25, 0.3) is 0 Å². The maximum Gasteiger partial charge on any atom is 0.453 e. The number of esters is 1. The van der Waals surface area contributed by atoms with Gasteiger partial charge in [0, 0.05) is 5.92 Å². The SMILES string of the molecule is O=C(Oc1ccc(F)cc1)C1CCC(C(F)(F)C(F)(F)F)CC1. The van der Waals surface area contributed by atoms with Crippen LogP contribution in [-0.4, -0.2) is 18.1 Å². The van der Waals surface area contributed by atoms with Gasteiger partial charge in [-0.3, -0.25) is 4.79 Å². The Morgan fingerprint density at radius 1 is 0.957 bits per heavy atom. The molecule has 0 aliphatic heterocycles. The van der Waals surface area contributed by atoms with Crippen LogP contribution >= 0.6 is 0 Å². The molecule has 2 rings (SSSR count). The highest BCUT2D eigenvalue weighted by Gasteiger charge is 2.62. The molecule has 0 bridgehead atoms. The average molecular weight is 340 g/mol. The molecule has 0 N–H and O–H groups in total. The normalized spacial score (nSPS) is 22.7. The van der Waals surface area contributed by atoms with E-state index in [1.54, 1.807) is 0 Å². The molecule has 0 amide bonds. The van der Waals surface area contributed by atoms with E-state index in [2.05, 4.69) is 0 Å². The highest BCUT2D eigenvalue weighted by Crippen LogP contribution is 2.47. The Morgan fingerprint density at radius 3 is 1.96 bits per heavy atom. The van der Waals surface area contributed by atoms with E-state index in [0.29, 0.717) is 0 Å². The van der Waals surface area contributed by atoms with Crippen molar-refractivity contribution in [2.75, 3.05) is 0 Å². The lowest BCUT2D eigenvalue weighted by Gasteiger charge is -2.33. The molecule has 0 radical (unpaired) electrons. The zero-order chi connectivity index (χ0) is 17.3. The Labute approximate surface area is 128 Å². The number of carbonyl (C=O) groups is 1. The Balaban J connectivity index is 1.91. The van der Waals surface area contributed by atoms with Gasteiger partial charge in [-0.05, 0) is 49.9 Å². The van der Waals surface area contributed by atoms with E-state index in [9.17, 15) is 31.1 Å². The van der Waals surface area contributed by atoms with Crippen LogP contribution in [0, 0.1) is 17.7 Å². The zero-order valence-electron chi connectivity index (χ0n) is 11.9. The van der Waals surface area contributed by atoms with Gasteiger partial charge in [0.2, 0.25) is 0 Å². The van der Waals surface area contributed by atoms with Crippen molar-refractivity contribution in [3.05, 3.63) is 30.1 Å². The maximum atomic E-state index is 13.3. The molecule has 128 valence electrons. The molecule has 1 fully saturated rings. The van der Waals surface area contributed by atoms with E-state index in [0.717, 1.165) is 12.1 Å². The molecule has 0 heterocycles. The summed E-state index contributed by atoms with van der Waals surface area (Å²) < 4.78 is 81.2. The first kappa shape index (κ1) is 17.6. The smallest absolute Gasteiger partial charge is 0.426 e. The van der Waals surface area contributed by atoms with Crippen molar-refractivity contribution in [2.45, 2.75) is 37.8 Å². The van der Waals surface area contributed by atoms with Crippen LogP contribution in [0.2, 0.25) is 0 Å². The summed E-state index contributed by atoms with van der Waals surface area (Å²) in [5.74, 6) is -8.43. The van der Waals surface area contributed by atoms with E-state index in [1.165, 1.54) is 12.1 Å². The lowest BCUT2D eigenvalue weighted by atomic mass is 9.78. The van der Waals surface area contributed by atoms with Crippen molar-refractivity contribution in [1.29, 1.82) is 0 Å². The Morgan fingerprint density at radius 2 is 1.48 bits per heavy atom. The molecule has 23 heavy (non-hydrogen) atoms. The number of rotatable bonds is 3. The molecule has 0 atom stereocenters. The van der Waals surface area contributed by atoms with Gasteiger partial charge in [-0.2, -0.15) is 22.0 Å². The predicted octanol–water partition coefficient (Wildman–Crippen LogP) is 4.74. The molecular weight excluding hydrogens is 326 g/mol. The van der Waals surface area contributed by atoms with Crippen molar-refractivity contribution in [3.63, 3.8) is 0 Å². The molecule has 0 unspecified atom stereocenters. The van der Waals surface area contributed by atoms with Crippen molar-refractivity contribution in [1.82, 2.24) is 0 Å². The minimum Gasteiger partial charge on any atom is -0.426 e. The Hall–Kier alpha value is -1.73. The van der Waals surface area contributed by atoms with Crippen LogP contribution < -0.4 is 4.74 Å². The van der Waals surface area contributed by atoms with Gasteiger partial charge in [-0.25, -0.2) is 4.39 Å². The third-order valence-electron chi connectivity index (χ3n) is 3.98. The molecule has 1 saturated carbocycles. The van der Waals surface area contributed by atoms with Crippen molar-refractivity contribution < 1.29 is 35.9 Å². The van der Waals surface area contributed by atoms with Crippen LogP contribution in [0.3, 0.4) is 0 Å². The Kier molecular flexibility index (Phi) is 4.91. The standard InChI is InChI=1S/C15H14F6O2/c16-11-5-7-12(8-6-11)23-13(22)9-1-3-10(4-2-9)14(17,18)15(19,20)21/h5-10H,1-4H2. The van der Waals surface area contributed by atoms with E-state index in [1.807, 2.05) is 0 Å². The molecule has 1 aliphatic rings. The summed E-state index contributed by atoms with van der Waals surface area (Å²) in [5.41, 5.74) is 0. The van der Waals surface area contributed by atoms with Gasteiger partial charge in [0.15, 0.2) is 0 Å². The minimum absolute atomic E-state index is 0.0964. The fraction of sp³-hybridized carbons (Fsp3) is 0.533. The average Bonchev–Trinajstić information content (AvgIpc) is 2.48. The third kappa shape index (κ3) is 3.97. The van der Waals surface area contributed by atoms with Gasteiger partial charge in [0.25, 0.3) is 0 Å². The lowest BCUT2D eigenvalue weighted by Crippen LogP contribution is -2.45. The first-order chi connectivity index (χ1) is 10.6. The predicted molar refractivity (Wildman–Crippen MR) is 68.5 cm³/mol. The van der Waals surface area contributed by atoms with Crippen LogP contribution in [0.1, 0.15) is 25.7 Å². The largest absolute Gasteiger partial charge is 0.453 e. The Bertz CT molecular complexity index is 544. The molecule has 8 heteroatoms. The first-order valence-electron chi connectivity index (χ1n) is 7.03. The first-order valence-corrected chi connectivity index (χ1v) is 7.03. The van der Waals surface area contributed by atoms with Gasteiger partial charge < -0.3 is 4.74 Å². The molecule has 1 aromatic rings. The second-order valence-electron chi connectivity index (χ2n) is 5.54. The summed E-state index contributed by atoms with van der Waals surface area (Å²) in [7, 11) is 0. The van der Waals surface area contributed by atoms with Gasteiger partial charge >= 0.3 is 18.1 Å². The van der Waals surface area contributed by atoms with Gasteiger partial charge in [0.1, 0.15) is 11.6 Å². The summed E-state index contributed by atoms with van der Waals surface area (Å²) in [6.45, 7) is 0. The van der Waals surface area contributed by atoms with Crippen LogP contribution in [0.15, 0.2) is 24.3 Å². The van der Waals surface area contributed by atoms with E-state index in [-0.39, 0.29) is 18.6 Å². The number of carbonyl (C=O) groups excluding carboxylic acids is 1. The molecular formula is C15H14F6O2. The summed E-state index contributed by atoms with van der Waals surface area (Å²) in [6.07, 6.45) is -6.60. The summed E-state index contributed by atoms with van der Waals surface area (Å²) in [4.78, 5) is 11.9. The van der Waals surface area contributed by atoms with Crippen LogP contribution in [-0.2, 0) is 4.79 Å². The summed E-state index contributed by atoms with van der Waals surface area (Å²) in [6, 6.07) is 4.64. The zero-order valence-corrected chi connectivity index (χ0v) is 11.9. The lowest BCUT2D eigenvalue weighted by molar-refractivity contribution is -0.306. The van der Waals surface area contributed by atoms with Crippen molar-refractivity contribution in [3.8, 4) is 5.75 Å². The topological polar surface area (TPSA) is 26.3 Å². The summed E-state index contributed by atoms with van der Waals surface area (Å²) >= 11 is 0. The molecule has 1 aliphatic carbocycles. The number of ether oxygens (including phenoxy) is 1. The minimum atomic E-state index is -5.58. The van der Waals surface area contributed by atoms with E-state index >= 15 is 0 Å². The third-order valence-corrected chi connectivity index (χ3v) is 3.98. The van der Waals surface area contributed by atoms with E-state index < -0.39 is 48.6 Å². The number of alkyl halides is 5. The fourth-order valence-corrected chi connectivity index (χ4v) is 2.63. The van der Waals surface area contributed by atoms with Gasteiger partial charge in [-0.15, -0.1) is 0 Å². The fourth-order valence-electron chi connectivity index (χ4n) is 2.63. The monoisotopic (exact) mass is 340 g/mol. The van der Waals surface area contributed by atoms with E-state index in [4.69, 9.17) is 4.74 Å². The molecule has 0 spiro atoms. The molecule has 1 aromatic carbocycles. The quantitative estimate of drug-likeness (QED) is 0.451. The molecule has 0 aromatic heterocycles. The van der Waals surface area contributed by atoms with Crippen LogP contribution in [0.5, 0.6) is 5.75 Å². The van der Waals surface area contributed by atoms with Crippen molar-refractivity contribution >= 4 is 5.97 Å². The number of benzene rings is 1. The molecule has 0 saturated heterocycles. The van der Waals surface area contributed by atoms with Gasteiger partial charge in [0.05, 0.1) is 5.92 Å².